The summed E-state index contributed by atoms with van der Waals surface area (Å²) in [5.41, 5.74) is 0.697. The molecule has 2 aromatic carbocycles. The van der Waals surface area contributed by atoms with Crippen molar-refractivity contribution in [3.63, 3.8) is 0 Å². The molecule has 1 heterocycles. The zero-order valence-corrected chi connectivity index (χ0v) is 19.8. The molecule has 0 spiro atoms. The van der Waals surface area contributed by atoms with Crippen LogP contribution in [0.25, 0.3) is 0 Å². The molecule has 0 aliphatic rings. The van der Waals surface area contributed by atoms with E-state index in [2.05, 4.69) is 0 Å². The van der Waals surface area contributed by atoms with E-state index in [4.69, 9.17) is 13.9 Å². The van der Waals surface area contributed by atoms with E-state index >= 15 is 0 Å². The van der Waals surface area contributed by atoms with Crippen LogP contribution in [0.2, 0.25) is 0 Å². The standard InChI is InChI=1S/C24H27FN2O6S/c1-31-15-13-27(34(29,30)23-11-9-21(32-2)10-12-23)18-24(28)26(17-22-4-3-14-33-22)16-19-5-7-20(25)8-6-19/h3-12,14H,13,15-18H2,1-2H3. The van der Waals surface area contributed by atoms with Crippen molar-refractivity contribution in [3.8, 4) is 5.75 Å². The molecule has 10 heteroatoms. The highest BCUT2D eigenvalue weighted by Gasteiger charge is 2.29. The molecular weight excluding hydrogens is 463 g/mol. The van der Waals surface area contributed by atoms with Crippen LogP contribution in [0, 0.1) is 5.82 Å². The number of hydrogen-bond donors (Lipinski definition) is 0. The number of methoxy groups -OCH3 is 2. The van der Waals surface area contributed by atoms with Crippen LogP contribution in [-0.4, -0.2) is 57.4 Å². The molecule has 34 heavy (non-hydrogen) atoms. The van der Waals surface area contributed by atoms with E-state index in [0.29, 0.717) is 17.1 Å². The molecule has 0 aliphatic carbocycles. The average molecular weight is 491 g/mol. The number of rotatable bonds is 12. The van der Waals surface area contributed by atoms with Crippen LogP contribution in [0.4, 0.5) is 4.39 Å². The van der Waals surface area contributed by atoms with E-state index in [9.17, 15) is 17.6 Å². The molecule has 1 aromatic heterocycles. The van der Waals surface area contributed by atoms with Crippen LogP contribution in [0.15, 0.2) is 76.2 Å². The number of nitrogens with zero attached hydrogens (tertiary/aromatic N) is 2. The summed E-state index contributed by atoms with van der Waals surface area (Å²) in [6.07, 6.45) is 1.49. The number of furan rings is 1. The minimum absolute atomic E-state index is 0.0122. The summed E-state index contributed by atoms with van der Waals surface area (Å²) < 4.78 is 56.6. The van der Waals surface area contributed by atoms with E-state index < -0.39 is 22.5 Å². The van der Waals surface area contributed by atoms with Gasteiger partial charge in [-0.15, -0.1) is 0 Å². The maximum atomic E-state index is 13.3. The Hall–Kier alpha value is -3.21. The number of hydrogen-bond acceptors (Lipinski definition) is 6. The predicted molar refractivity (Wildman–Crippen MR) is 123 cm³/mol. The summed E-state index contributed by atoms with van der Waals surface area (Å²) in [7, 11) is -1.05. The second-order valence-corrected chi connectivity index (χ2v) is 9.40. The second-order valence-electron chi connectivity index (χ2n) is 7.46. The summed E-state index contributed by atoms with van der Waals surface area (Å²) in [6.45, 7) is -0.0232. The van der Waals surface area contributed by atoms with Crippen LogP contribution >= 0.6 is 0 Å². The maximum Gasteiger partial charge on any atom is 0.243 e. The van der Waals surface area contributed by atoms with Crippen molar-refractivity contribution in [1.29, 1.82) is 0 Å². The monoisotopic (exact) mass is 490 g/mol. The lowest BCUT2D eigenvalue weighted by Gasteiger charge is -2.27. The fraction of sp³-hybridized carbons (Fsp3) is 0.292. The zero-order valence-electron chi connectivity index (χ0n) is 19.0. The molecule has 0 saturated carbocycles. The first-order valence-electron chi connectivity index (χ1n) is 10.5. The molecule has 0 radical (unpaired) electrons. The molecule has 3 rings (SSSR count). The van der Waals surface area contributed by atoms with Gasteiger partial charge < -0.3 is 18.8 Å². The Labute approximate surface area is 198 Å². The third-order valence-corrected chi connectivity index (χ3v) is 6.98. The highest BCUT2D eigenvalue weighted by Crippen LogP contribution is 2.20. The molecule has 182 valence electrons. The van der Waals surface area contributed by atoms with Gasteiger partial charge in [0.25, 0.3) is 0 Å². The van der Waals surface area contributed by atoms with E-state index in [0.717, 1.165) is 4.31 Å². The Kier molecular flexibility index (Phi) is 8.80. The van der Waals surface area contributed by atoms with Gasteiger partial charge in [-0.1, -0.05) is 12.1 Å². The molecule has 0 bridgehead atoms. The number of ether oxygens (including phenoxy) is 2. The first-order valence-corrected chi connectivity index (χ1v) is 11.9. The van der Waals surface area contributed by atoms with Gasteiger partial charge in [-0.2, -0.15) is 4.31 Å². The number of carbonyl (C=O) groups excluding carboxylic acids is 1. The van der Waals surface area contributed by atoms with Gasteiger partial charge in [-0.3, -0.25) is 4.79 Å². The van der Waals surface area contributed by atoms with Crippen LogP contribution in [0.3, 0.4) is 0 Å². The lowest BCUT2D eigenvalue weighted by atomic mass is 10.2. The third kappa shape index (κ3) is 6.66. The Morgan fingerprint density at radius 3 is 2.29 bits per heavy atom. The van der Waals surface area contributed by atoms with Crippen molar-refractivity contribution in [2.24, 2.45) is 0 Å². The molecule has 3 aromatic rings. The Balaban J connectivity index is 1.84. The molecule has 0 atom stereocenters. The highest BCUT2D eigenvalue weighted by molar-refractivity contribution is 7.89. The van der Waals surface area contributed by atoms with Crippen molar-refractivity contribution in [2.45, 2.75) is 18.0 Å². The Morgan fingerprint density at radius 1 is 1.00 bits per heavy atom. The quantitative estimate of drug-likeness (QED) is 0.387. The smallest absolute Gasteiger partial charge is 0.243 e. The topological polar surface area (TPSA) is 89.3 Å². The van der Waals surface area contributed by atoms with Crippen molar-refractivity contribution in [1.82, 2.24) is 9.21 Å². The van der Waals surface area contributed by atoms with Gasteiger partial charge in [-0.25, -0.2) is 12.8 Å². The summed E-state index contributed by atoms with van der Waals surface area (Å²) >= 11 is 0. The number of halogens is 1. The average Bonchev–Trinajstić information content (AvgIpc) is 3.35. The second kappa shape index (κ2) is 11.8. The number of amides is 1. The normalized spacial score (nSPS) is 11.5. The molecule has 0 N–H and O–H groups in total. The maximum absolute atomic E-state index is 13.3. The van der Waals surface area contributed by atoms with Crippen molar-refractivity contribution >= 4 is 15.9 Å². The first kappa shape index (κ1) is 25.4. The molecular formula is C24H27FN2O6S. The lowest BCUT2D eigenvalue weighted by molar-refractivity contribution is -0.133. The fourth-order valence-electron chi connectivity index (χ4n) is 3.26. The van der Waals surface area contributed by atoms with Gasteiger partial charge in [0.15, 0.2) is 0 Å². The highest BCUT2D eigenvalue weighted by atomic mass is 32.2. The van der Waals surface area contributed by atoms with Crippen molar-refractivity contribution < 1.29 is 31.5 Å². The van der Waals surface area contributed by atoms with Crippen LogP contribution in [0.1, 0.15) is 11.3 Å². The first-order chi connectivity index (χ1) is 16.3. The Morgan fingerprint density at radius 2 is 1.71 bits per heavy atom. The van der Waals surface area contributed by atoms with E-state index in [1.165, 1.54) is 49.6 Å². The van der Waals surface area contributed by atoms with Crippen LogP contribution in [0.5, 0.6) is 5.75 Å². The largest absolute Gasteiger partial charge is 0.497 e. The SMILES string of the molecule is COCCN(CC(=O)N(Cc1ccc(F)cc1)Cc1ccco1)S(=O)(=O)c1ccc(OC)cc1. The molecule has 1 amide bonds. The summed E-state index contributed by atoms with van der Waals surface area (Å²) in [6, 6.07) is 15.1. The summed E-state index contributed by atoms with van der Waals surface area (Å²) in [5.74, 6) is 0.234. The lowest BCUT2D eigenvalue weighted by Crippen LogP contribution is -2.43. The third-order valence-electron chi connectivity index (χ3n) is 5.12. The van der Waals surface area contributed by atoms with Gasteiger partial charge in [0.05, 0.1) is 38.0 Å². The Bertz CT molecular complexity index is 1150. The van der Waals surface area contributed by atoms with Gasteiger partial charge >= 0.3 is 0 Å². The zero-order chi connectivity index (χ0) is 24.6. The van der Waals surface area contributed by atoms with Gasteiger partial charge in [0.2, 0.25) is 15.9 Å². The van der Waals surface area contributed by atoms with Crippen LogP contribution < -0.4 is 4.74 Å². The fourth-order valence-corrected chi connectivity index (χ4v) is 4.63. The minimum atomic E-state index is -3.99. The van der Waals surface area contributed by atoms with E-state index in [1.807, 2.05) is 0 Å². The van der Waals surface area contributed by atoms with Crippen molar-refractivity contribution in [3.05, 3.63) is 84.1 Å². The molecule has 0 saturated heterocycles. The number of sulfonamides is 1. The van der Waals surface area contributed by atoms with Gasteiger partial charge in [0.1, 0.15) is 17.3 Å². The summed E-state index contributed by atoms with van der Waals surface area (Å²) in [5, 5.41) is 0. The number of benzene rings is 2. The minimum Gasteiger partial charge on any atom is -0.497 e. The van der Waals surface area contributed by atoms with Gasteiger partial charge in [-0.05, 0) is 54.1 Å². The molecule has 0 aliphatic heterocycles. The predicted octanol–water partition coefficient (Wildman–Crippen LogP) is 3.29. The van der Waals surface area contributed by atoms with Gasteiger partial charge in [0, 0.05) is 20.2 Å². The molecule has 0 fully saturated rings. The van der Waals surface area contributed by atoms with Crippen molar-refractivity contribution in [2.75, 3.05) is 33.9 Å². The van der Waals surface area contributed by atoms with E-state index in [-0.39, 0.29) is 37.0 Å². The molecule has 0 unspecified atom stereocenters. The summed E-state index contributed by atoms with van der Waals surface area (Å²) in [4.78, 5) is 14.8. The van der Waals surface area contributed by atoms with Crippen LogP contribution in [-0.2, 0) is 32.6 Å². The van der Waals surface area contributed by atoms with E-state index in [1.54, 1.807) is 36.4 Å². The number of carbonyl (C=O) groups is 1. The molecule has 8 nitrogen and oxygen atoms in total.